The van der Waals surface area contributed by atoms with E-state index in [9.17, 15) is 0 Å². The summed E-state index contributed by atoms with van der Waals surface area (Å²) in [6.07, 6.45) is 11.2. The van der Waals surface area contributed by atoms with E-state index < -0.39 is 0 Å². The summed E-state index contributed by atoms with van der Waals surface area (Å²) >= 11 is 0. The maximum atomic E-state index is 5.95. The van der Waals surface area contributed by atoms with Crippen molar-refractivity contribution < 1.29 is 4.74 Å². The Morgan fingerprint density at radius 3 is 1.79 bits per heavy atom. The van der Waals surface area contributed by atoms with Crippen LogP contribution in [0.25, 0.3) is 0 Å². The third-order valence-electron chi connectivity index (χ3n) is 6.34. The van der Waals surface area contributed by atoms with Crippen LogP contribution in [0.5, 0.6) is 5.75 Å². The van der Waals surface area contributed by atoms with E-state index >= 15 is 0 Å². The molecule has 0 atom stereocenters. The van der Waals surface area contributed by atoms with Gasteiger partial charge in [-0.15, -0.1) is 0 Å². The van der Waals surface area contributed by atoms with E-state index in [1.54, 1.807) is 0 Å². The van der Waals surface area contributed by atoms with Crippen LogP contribution in [0.15, 0.2) is 83.5 Å². The molecule has 3 rings (SSSR count). The molecule has 0 spiro atoms. The van der Waals surface area contributed by atoms with Crippen LogP contribution < -0.4 is 4.74 Å². The van der Waals surface area contributed by atoms with E-state index in [2.05, 4.69) is 95.5 Å². The first-order valence-corrected chi connectivity index (χ1v) is 13.2. The molecule has 2 aromatic rings. The average molecular weight is 459 g/mol. The Kier molecular flexibility index (Phi) is 13.8. The van der Waals surface area contributed by atoms with Crippen molar-refractivity contribution in [3.8, 4) is 5.75 Å². The molecule has 1 aliphatic rings. The normalized spacial score (nSPS) is 12.0. The number of ether oxygens (including phenoxy) is 1. The standard InChI is InChI=1S/C26H28O.C5H12.C2H6/c1-5-26(4,6-2)23-13-17-25(18-14-23)27-24-15-11-22(12-16-24)19-21-9-7-20(3)8-10-21;1-3-5-4-2;1-2/h7-11,13-15,17-18H,5-6,19H2,1-4H3;3-5H2,1-2H3;1-2H3. The monoisotopic (exact) mass is 458 g/mol. The van der Waals surface area contributed by atoms with E-state index in [4.69, 9.17) is 4.74 Å². The largest absolute Gasteiger partial charge is 0.448 e. The summed E-state index contributed by atoms with van der Waals surface area (Å²) in [4.78, 5) is 0. The van der Waals surface area contributed by atoms with Crippen LogP contribution in [0, 0.1) is 6.92 Å². The first-order chi connectivity index (χ1) is 16.4. The molecule has 184 valence electrons. The van der Waals surface area contributed by atoms with Gasteiger partial charge in [0.25, 0.3) is 0 Å². The van der Waals surface area contributed by atoms with E-state index in [1.165, 1.54) is 36.0 Å². The Hall–Kier alpha value is -2.72. The van der Waals surface area contributed by atoms with Crippen molar-refractivity contribution in [3.05, 3.63) is 100 Å². The average Bonchev–Trinajstić information content (AvgIpc) is 2.88. The summed E-state index contributed by atoms with van der Waals surface area (Å²) in [5, 5.41) is 0. The molecular formula is C33H46O. The van der Waals surface area contributed by atoms with Gasteiger partial charge in [0.05, 0.1) is 0 Å². The van der Waals surface area contributed by atoms with Gasteiger partial charge in [0.2, 0.25) is 0 Å². The van der Waals surface area contributed by atoms with Gasteiger partial charge in [-0.3, -0.25) is 0 Å². The first-order valence-electron chi connectivity index (χ1n) is 13.2. The van der Waals surface area contributed by atoms with Gasteiger partial charge in [0.1, 0.15) is 5.75 Å². The van der Waals surface area contributed by atoms with Gasteiger partial charge in [0, 0.05) is 12.0 Å². The van der Waals surface area contributed by atoms with E-state index in [-0.39, 0.29) is 5.41 Å². The lowest BCUT2D eigenvalue weighted by Crippen LogP contribution is -2.19. The quantitative estimate of drug-likeness (QED) is 0.340. The van der Waals surface area contributed by atoms with Crippen molar-refractivity contribution in [2.45, 2.75) is 99.3 Å². The maximum Gasteiger partial charge on any atom is 0.177 e. The van der Waals surface area contributed by atoms with Crippen molar-refractivity contribution >= 4 is 0 Å². The van der Waals surface area contributed by atoms with Crippen LogP contribution in [0.1, 0.15) is 97.3 Å². The van der Waals surface area contributed by atoms with Crippen molar-refractivity contribution in [1.29, 1.82) is 0 Å². The van der Waals surface area contributed by atoms with Gasteiger partial charge in [-0.05, 0) is 66.3 Å². The van der Waals surface area contributed by atoms with Gasteiger partial charge in [-0.25, -0.2) is 0 Å². The van der Waals surface area contributed by atoms with Crippen molar-refractivity contribution in [2.24, 2.45) is 0 Å². The molecule has 0 unspecified atom stereocenters. The topological polar surface area (TPSA) is 9.23 Å². The smallest absolute Gasteiger partial charge is 0.177 e. The number of rotatable bonds is 9. The SMILES string of the molecule is CC.CCC(C)(CC)c1ccc(OC2=C=C=C(Cc3ccc(C)cc3)C=C2)cc1.CCCCC. The van der Waals surface area contributed by atoms with Crippen molar-refractivity contribution in [2.75, 3.05) is 0 Å². The highest BCUT2D eigenvalue weighted by molar-refractivity contribution is 5.38. The number of hydrogen-bond donors (Lipinski definition) is 0. The molecule has 0 fully saturated rings. The minimum absolute atomic E-state index is 0.232. The van der Waals surface area contributed by atoms with Crippen molar-refractivity contribution in [3.63, 3.8) is 0 Å². The van der Waals surface area contributed by atoms with E-state index in [1.807, 2.05) is 32.1 Å². The minimum Gasteiger partial charge on any atom is -0.448 e. The fraction of sp³-hybridized carbons (Fsp3) is 0.455. The molecule has 1 nitrogen and oxygen atoms in total. The number of allylic oxidation sites excluding steroid dienone is 3. The Bertz CT molecular complexity index is 954. The van der Waals surface area contributed by atoms with Gasteiger partial charge < -0.3 is 4.74 Å². The lowest BCUT2D eigenvalue weighted by Gasteiger charge is -2.27. The summed E-state index contributed by atoms with van der Waals surface area (Å²) in [7, 11) is 0. The van der Waals surface area contributed by atoms with Crippen LogP contribution >= 0.6 is 0 Å². The molecule has 0 saturated heterocycles. The zero-order chi connectivity index (χ0) is 25.4. The summed E-state index contributed by atoms with van der Waals surface area (Å²) in [5.41, 5.74) is 11.6. The fourth-order valence-electron chi connectivity index (χ4n) is 3.55. The first kappa shape index (κ1) is 29.3. The molecule has 0 bridgehead atoms. The van der Waals surface area contributed by atoms with Crippen LogP contribution in [0.4, 0.5) is 0 Å². The highest BCUT2D eigenvalue weighted by atomic mass is 16.5. The summed E-state index contributed by atoms with van der Waals surface area (Å²) in [5.74, 6) is 1.54. The molecule has 1 aliphatic carbocycles. The molecule has 1 heteroatoms. The lowest BCUT2D eigenvalue weighted by atomic mass is 9.78. The lowest BCUT2D eigenvalue weighted by molar-refractivity contribution is 0.431. The van der Waals surface area contributed by atoms with Gasteiger partial charge in [-0.2, -0.15) is 0 Å². The summed E-state index contributed by atoms with van der Waals surface area (Å²) < 4.78 is 5.95. The van der Waals surface area contributed by atoms with Crippen LogP contribution in [0.2, 0.25) is 0 Å². The molecule has 0 aliphatic heterocycles. The van der Waals surface area contributed by atoms with Crippen LogP contribution in [-0.4, -0.2) is 0 Å². The van der Waals surface area contributed by atoms with E-state index in [0.717, 1.165) is 30.6 Å². The van der Waals surface area contributed by atoms with Crippen LogP contribution in [-0.2, 0) is 11.8 Å². The van der Waals surface area contributed by atoms with Crippen LogP contribution in [0.3, 0.4) is 0 Å². The highest BCUT2D eigenvalue weighted by Gasteiger charge is 2.21. The second kappa shape index (κ2) is 16.0. The Morgan fingerprint density at radius 2 is 1.35 bits per heavy atom. The fourth-order valence-corrected chi connectivity index (χ4v) is 3.55. The molecule has 34 heavy (non-hydrogen) atoms. The summed E-state index contributed by atoms with van der Waals surface area (Å²) in [6.45, 7) is 17.3. The zero-order valence-electron chi connectivity index (χ0n) is 22.9. The Labute approximate surface area is 210 Å². The highest BCUT2D eigenvalue weighted by Crippen LogP contribution is 2.32. The molecule has 0 saturated carbocycles. The minimum atomic E-state index is 0.232. The second-order valence-corrected chi connectivity index (χ2v) is 8.88. The number of hydrogen-bond acceptors (Lipinski definition) is 1. The van der Waals surface area contributed by atoms with Gasteiger partial charge in [0.15, 0.2) is 5.76 Å². The molecule has 0 radical (unpaired) electrons. The predicted molar refractivity (Wildman–Crippen MR) is 150 cm³/mol. The molecule has 0 heterocycles. The van der Waals surface area contributed by atoms with E-state index in [0.29, 0.717) is 5.76 Å². The number of aryl methyl sites for hydroxylation is 1. The van der Waals surface area contributed by atoms with Gasteiger partial charge >= 0.3 is 0 Å². The predicted octanol–water partition coefficient (Wildman–Crippen LogP) is 10.1. The molecule has 0 aromatic heterocycles. The molecular weight excluding hydrogens is 412 g/mol. The van der Waals surface area contributed by atoms with Gasteiger partial charge in [-0.1, -0.05) is 115 Å². The molecule has 0 amide bonds. The third-order valence-corrected chi connectivity index (χ3v) is 6.34. The Morgan fingerprint density at radius 1 is 0.765 bits per heavy atom. The molecule has 0 N–H and O–H groups in total. The van der Waals surface area contributed by atoms with Crippen molar-refractivity contribution in [1.82, 2.24) is 0 Å². The zero-order valence-corrected chi connectivity index (χ0v) is 22.9. The Balaban J connectivity index is 0.000000733. The maximum absolute atomic E-state index is 5.95. The number of unbranched alkanes of at least 4 members (excludes halogenated alkanes) is 2. The number of benzene rings is 2. The summed E-state index contributed by atoms with van der Waals surface area (Å²) in [6, 6.07) is 17.1. The molecule has 2 aromatic carbocycles. The second-order valence-electron chi connectivity index (χ2n) is 8.88. The third kappa shape index (κ3) is 9.64.